The molecule has 0 saturated carbocycles. The Labute approximate surface area is 139 Å². The molecule has 2 aromatic rings. The predicted octanol–water partition coefficient (Wildman–Crippen LogP) is 4.59. The van der Waals surface area contributed by atoms with E-state index in [0.717, 1.165) is 42.5 Å². The molecular formula is C20H28N2O. The molecular weight excluding hydrogens is 284 g/mol. The fourth-order valence-electron chi connectivity index (χ4n) is 3.68. The molecule has 3 heteroatoms. The number of aryl methyl sites for hydroxylation is 1. The fourth-order valence-corrected chi connectivity index (χ4v) is 3.68. The minimum Gasteiger partial charge on any atom is -0.497 e. The van der Waals surface area contributed by atoms with Gasteiger partial charge in [0, 0.05) is 11.8 Å². The molecule has 0 spiro atoms. The quantitative estimate of drug-likeness (QED) is 0.807. The van der Waals surface area contributed by atoms with Gasteiger partial charge in [-0.25, -0.2) is 4.68 Å². The Bertz CT molecular complexity index is 672. The summed E-state index contributed by atoms with van der Waals surface area (Å²) in [5, 5.41) is 4.98. The third kappa shape index (κ3) is 3.15. The van der Waals surface area contributed by atoms with E-state index in [2.05, 4.69) is 37.6 Å². The van der Waals surface area contributed by atoms with Gasteiger partial charge in [-0.2, -0.15) is 5.10 Å². The summed E-state index contributed by atoms with van der Waals surface area (Å²) < 4.78 is 7.57. The average Bonchev–Trinajstić information content (AvgIpc) is 2.93. The van der Waals surface area contributed by atoms with Gasteiger partial charge in [-0.3, -0.25) is 0 Å². The maximum atomic E-state index is 5.39. The van der Waals surface area contributed by atoms with Gasteiger partial charge < -0.3 is 4.74 Å². The van der Waals surface area contributed by atoms with Gasteiger partial charge in [0.2, 0.25) is 0 Å². The van der Waals surface area contributed by atoms with E-state index in [9.17, 15) is 0 Å². The molecule has 1 unspecified atom stereocenters. The molecule has 3 nitrogen and oxygen atoms in total. The largest absolute Gasteiger partial charge is 0.497 e. The third-order valence-corrected chi connectivity index (χ3v) is 5.12. The maximum Gasteiger partial charge on any atom is 0.121 e. The van der Waals surface area contributed by atoms with Crippen LogP contribution in [0.5, 0.6) is 5.75 Å². The van der Waals surface area contributed by atoms with Crippen LogP contribution in [0, 0.1) is 11.8 Å². The van der Waals surface area contributed by atoms with Crippen LogP contribution < -0.4 is 4.74 Å². The van der Waals surface area contributed by atoms with Crippen molar-refractivity contribution in [1.82, 2.24) is 9.78 Å². The fraction of sp³-hybridized carbons (Fsp3) is 0.550. The van der Waals surface area contributed by atoms with Crippen LogP contribution in [-0.4, -0.2) is 16.9 Å². The summed E-state index contributed by atoms with van der Waals surface area (Å²) in [5.41, 5.74) is 5.35. The van der Waals surface area contributed by atoms with Crippen molar-refractivity contribution in [3.8, 4) is 11.4 Å². The van der Waals surface area contributed by atoms with E-state index in [0.29, 0.717) is 0 Å². The second kappa shape index (κ2) is 6.77. The Morgan fingerprint density at radius 3 is 2.87 bits per heavy atom. The van der Waals surface area contributed by atoms with Gasteiger partial charge in [0.05, 0.1) is 18.5 Å². The van der Waals surface area contributed by atoms with Gasteiger partial charge in [0.25, 0.3) is 0 Å². The number of fused-ring (bicyclic) bond motifs is 1. The van der Waals surface area contributed by atoms with Crippen LogP contribution in [0.25, 0.3) is 5.69 Å². The minimum absolute atomic E-state index is 0.728. The highest BCUT2D eigenvalue weighted by atomic mass is 16.5. The highest BCUT2D eigenvalue weighted by molar-refractivity contribution is 5.43. The Morgan fingerprint density at radius 1 is 1.35 bits per heavy atom. The molecule has 0 saturated heterocycles. The van der Waals surface area contributed by atoms with E-state index in [1.165, 1.54) is 29.8 Å². The Hall–Kier alpha value is -1.77. The molecule has 1 heterocycles. The van der Waals surface area contributed by atoms with Gasteiger partial charge in [-0.15, -0.1) is 0 Å². The number of benzene rings is 1. The van der Waals surface area contributed by atoms with Gasteiger partial charge in [-0.05, 0) is 55.2 Å². The first-order chi connectivity index (χ1) is 11.1. The zero-order valence-corrected chi connectivity index (χ0v) is 14.8. The zero-order chi connectivity index (χ0) is 16.4. The molecule has 124 valence electrons. The highest BCUT2D eigenvalue weighted by Crippen LogP contribution is 2.34. The van der Waals surface area contributed by atoms with Gasteiger partial charge >= 0.3 is 0 Å². The van der Waals surface area contributed by atoms with Crippen molar-refractivity contribution in [2.75, 3.05) is 7.11 Å². The number of aromatic nitrogens is 2. The van der Waals surface area contributed by atoms with Crippen molar-refractivity contribution in [1.29, 1.82) is 0 Å². The summed E-state index contributed by atoms with van der Waals surface area (Å²) in [7, 11) is 1.72. The topological polar surface area (TPSA) is 27.1 Å². The molecule has 1 aromatic carbocycles. The van der Waals surface area contributed by atoms with E-state index in [1.807, 2.05) is 12.1 Å². The summed E-state index contributed by atoms with van der Waals surface area (Å²) in [6.45, 7) is 6.92. The standard InChI is InChI=1S/C20H28N2O/c1-5-7-19-18-11-10-15(14(2)3)12-20(18)22(21-19)16-8-6-9-17(13-16)23-4/h6,8-9,13-15H,5,7,10-12H2,1-4H3. The molecule has 0 N–H and O–H groups in total. The van der Waals surface area contributed by atoms with Crippen molar-refractivity contribution in [3.05, 3.63) is 41.2 Å². The first-order valence-corrected chi connectivity index (χ1v) is 8.88. The van der Waals surface area contributed by atoms with Crippen LogP contribution in [0.4, 0.5) is 0 Å². The molecule has 1 aliphatic rings. The number of nitrogens with zero attached hydrogens (tertiary/aromatic N) is 2. The predicted molar refractivity (Wildman–Crippen MR) is 94.5 cm³/mol. The van der Waals surface area contributed by atoms with Crippen molar-refractivity contribution in [2.24, 2.45) is 11.8 Å². The second-order valence-corrected chi connectivity index (χ2v) is 6.98. The normalized spacial score (nSPS) is 17.3. The Morgan fingerprint density at radius 2 is 2.17 bits per heavy atom. The molecule has 1 aliphatic carbocycles. The molecule has 0 bridgehead atoms. The van der Waals surface area contributed by atoms with Crippen LogP contribution in [0.15, 0.2) is 24.3 Å². The molecule has 1 aromatic heterocycles. The van der Waals surface area contributed by atoms with Crippen molar-refractivity contribution >= 4 is 0 Å². The van der Waals surface area contributed by atoms with Crippen LogP contribution in [0.1, 0.15) is 50.6 Å². The molecule has 1 atom stereocenters. The number of ether oxygens (including phenoxy) is 1. The number of methoxy groups -OCH3 is 1. The van der Waals surface area contributed by atoms with Crippen LogP contribution >= 0.6 is 0 Å². The van der Waals surface area contributed by atoms with Crippen LogP contribution in [0.2, 0.25) is 0 Å². The number of hydrogen-bond donors (Lipinski definition) is 0. The van der Waals surface area contributed by atoms with Crippen LogP contribution in [-0.2, 0) is 19.3 Å². The van der Waals surface area contributed by atoms with E-state index in [-0.39, 0.29) is 0 Å². The van der Waals surface area contributed by atoms with Crippen molar-refractivity contribution < 1.29 is 4.74 Å². The van der Waals surface area contributed by atoms with Gasteiger partial charge in [0.15, 0.2) is 0 Å². The summed E-state index contributed by atoms with van der Waals surface area (Å²) in [4.78, 5) is 0. The van der Waals surface area contributed by atoms with E-state index in [4.69, 9.17) is 9.84 Å². The highest BCUT2D eigenvalue weighted by Gasteiger charge is 2.28. The summed E-state index contributed by atoms with van der Waals surface area (Å²) in [6.07, 6.45) is 5.84. The Kier molecular flexibility index (Phi) is 4.74. The number of hydrogen-bond acceptors (Lipinski definition) is 2. The van der Waals surface area contributed by atoms with E-state index < -0.39 is 0 Å². The van der Waals surface area contributed by atoms with Gasteiger partial charge in [0.1, 0.15) is 5.75 Å². The van der Waals surface area contributed by atoms with E-state index >= 15 is 0 Å². The second-order valence-electron chi connectivity index (χ2n) is 6.98. The van der Waals surface area contributed by atoms with Gasteiger partial charge in [-0.1, -0.05) is 33.3 Å². The van der Waals surface area contributed by atoms with Crippen molar-refractivity contribution in [2.45, 2.75) is 52.9 Å². The number of rotatable bonds is 5. The molecule has 0 fully saturated rings. The monoisotopic (exact) mass is 312 g/mol. The maximum absolute atomic E-state index is 5.39. The molecule has 0 aliphatic heterocycles. The lowest BCUT2D eigenvalue weighted by Crippen LogP contribution is -2.21. The molecule has 0 amide bonds. The molecule has 0 radical (unpaired) electrons. The summed E-state index contributed by atoms with van der Waals surface area (Å²) in [5.74, 6) is 2.38. The van der Waals surface area contributed by atoms with E-state index in [1.54, 1.807) is 7.11 Å². The summed E-state index contributed by atoms with van der Waals surface area (Å²) in [6, 6.07) is 8.25. The smallest absolute Gasteiger partial charge is 0.121 e. The zero-order valence-electron chi connectivity index (χ0n) is 14.8. The first-order valence-electron chi connectivity index (χ1n) is 8.88. The lowest BCUT2D eigenvalue weighted by molar-refractivity contribution is 0.337. The first kappa shape index (κ1) is 16.1. The average molecular weight is 312 g/mol. The van der Waals surface area contributed by atoms with Crippen molar-refractivity contribution in [3.63, 3.8) is 0 Å². The summed E-state index contributed by atoms with van der Waals surface area (Å²) >= 11 is 0. The minimum atomic E-state index is 0.728. The molecule has 3 rings (SSSR count). The Balaban J connectivity index is 2.06. The third-order valence-electron chi connectivity index (χ3n) is 5.12. The van der Waals surface area contributed by atoms with Crippen LogP contribution in [0.3, 0.4) is 0 Å². The SMILES string of the molecule is CCCc1nn(-c2cccc(OC)c2)c2c1CCC(C(C)C)C2. The lowest BCUT2D eigenvalue weighted by atomic mass is 9.80. The molecule has 23 heavy (non-hydrogen) atoms. The lowest BCUT2D eigenvalue weighted by Gasteiger charge is -2.26.